The number of likely N-dealkylation sites (tertiary alicyclic amines) is 1. The maximum absolute atomic E-state index is 14.5. The van der Waals surface area contributed by atoms with E-state index in [9.17, 15) is 28.0 Å². The quantitative estimate of drug-likeness (QED) is 0.138. The molecular weight excluding hydrogens is 715 g/mol. The molecule has 1 atom stereocenters. The first-order valence-electron chi connectivity index (χ1n) is 16.1. The number of para-hydroxylation sites is 1. The van der Waals surface area contributed by atoms with Gasteiger partial charge in [0.05, 0.1) is 40.4 Å². The fourth-order valence-electron chi connectivity index (χ4n) is 5.75. The lowest BCUT2D eigenvalue weighted by Crippen LogP contribution is -2.47. The molecule has 14 heteroatoms. The Hall–Kier alpha value is -5.59. The molecule has 4 aromatic carbocycles. The van der Waals surface area contributed by atoms with Crippen LogP contribution in [0.25, 0.3) is 10.9 Å². The van der Waals surface area contributed by atoms with Crippen LogP contribution in [0.2, 0.25) is 10.0 Å². The highest BCUT2D eigenvalue weighted by molar-refractivity contribution is 6.34. The van der Waals surface area contributed by atoms with E-state index in [1.807, 2.05) is 13.0 Å². The van der Waals surface area contributed by atoms with Gasteiger partial charge < -0.3 is 25.6 Å². The van der Waals surface area contributed by atoms with Gasteiger partial charge in [0, 0.05) is 28.7 Å². The van der Waals surface area contributed by atoms with Gasteiger partial charge in [0.25, 0.3) is 17.7 Å². The molecule has 0 aliphatic carbocycles. The summed E-state index contributed by atoms with van der Waals surface area (Å²) in [4.78, 5) is 57.3. The topological polar surface area (TPSA) is 130 Å². The summed E-state index contributed by atoms with van der Waals surface area (Å²) in [6.45, 7) is 0.378. The van der Waals surface area contributed by atoms with Crippen LogP contribution in [0.5, 0.6) is 5.75 Å². The van der Waals surface area contributed by atoms with Crippen molar-refractivity contribution in [2.75, 3.05) is 23.7 Å². The largest absolute Gasteiger partial charge is 0.488 e. The first kappa shape index (κ1) is 36.2. The fourth-order valence-corrected chi connectivity index (χ4v) is 6.20. The van der Waals surface area contributed by atoms with Crippen molar-refractivity contribution in [1.29, 1.82) is 0 Å². The average molecular weight is 747 g/mol. The molecule has 1 aliphatic rings. The number of hydrogen-bond donors (Lipinski definition) is 3. The number of ether oxygens (including phenoxy) is 1. The molecule has 4 amide bonds. The van der Waals surface area contributed by atoms with E-state index in [0.29, 0.717) is 37.9 Å². The lowest BCUT2D eigenvalue weighted by atomic mass is 10.1. The van der Waals surface area contributed by atoms with E-state index in [0.717, 1.165) is 10.5 Å². The minimum absolute atomic E-state index is 0.0412. The molecule has 52 heavy (non-hydrogen) atoms. The third-order valence-electron chi connectivity index (χ3n) is 8.36. The molecule has 1 aromatic heterocycles. The summed E-state index contributed by atoms with van der Waals surface area (Å²) in [5, 5.41) is 9.13. The summed E-state index contributed by atoms with van der Waals surface area (Å²) in [5.74, 6) is -5.71. The second-order valence-corrected chi connectivity index (χ2v) is 13.1. The normalized spacial score (nSPS) is 14.9. The van der Waals surface area contributed by atoms with E-state index >= 15 is 0 Å². The number of rotatable bonds is 10. The van der Waals surface area contributed by atoms with Gasteiger partial charge in [-0.15, -0.1) is 0 Å². The zero-order valence-electron chi connectivity index (χ0n) is 27.6. The highest BCUT2D eigenvalue weighted by atomic mass is 35.5. The average Bonchev–Trinajstić information content (AvgIpc) is 3.46. The Bertz CT molecular complexity index is 2180. The molecule has 1 aliphatic heterocycles. The van der Waals surface area contributed by atoms with Gasteiger partial charge in [-0.3, -0.25) is 24.2 Å². The number of nitrogens with zero attached hydrogens (tertiary/aromatic N) is 2. The van der Waals surface area contributed by atoms with Crippen molar-refractivity contribution < 1.29 is 32.7 Å². The van der Waals surface area contributed by atoms with Crippen LogP contribution >= 0.6 is 23.2 Å². The summed E-state index contributed by atoms with van der Waals surface area (Å²) in [5.41, 5.74) is 3.38. The number of carbonyl (C=O) groups is 4. The number of aromatic nitrogens is 1. The smallest absolute Gasteiger partial charge is 0.267 e. The number of hydrogen-bond acceptors (Lipinski definition) is 6. The van der Waals surface area contributed by atoms with Crippen molar-refractivity contribution in [2.24, 2.45) is 0 Å². The van der Waals surface area contributed by atoms with Crippen LogP contribution in [0.15, 0.2) is 97.2 Å². The summed E-state index contributed by atoms with van der Waals surface area (Å²) < 4.78 is 35.0. The number of anilines is 2. The van der Waals surface area contributed by atoms with Crippen molar-refractivity contribution in [3.05, 3.63) is 129 Å². The van der Waals surface area contributed by atoms with Gasteiger partial charge in [-0.1, -0.05) is 59.6 Å². The lowest BCUT2D eigenvalue weighted by Gasteiger charge is -2.23. The molecule has 3 N–H and O–H groups in total. The number of pyridine rings is 1. The van der Waals surface area contributed by atoms with Crippen molar-refractivity contribution >= 4 is 69.1 Å². The zero-order valence-corrected chi connectivity index (χ0v) is 29.1. The first-order valence-corrected chi connectivity index (χ1v) is 16.8. The predicted octanol–water partition coefficient (Wildman–Crippen LogP) is 7.29. The molecule has 0 saturated carbocycles. The highest BCUT2D eigenvalue weighted by Crippen LogP contribution is 2.33. The monoisotopic (exact) mass is 745 g/mol. The Morgan fingerprint density at radius 2 is 1.67 bits per heavy atom. The van der Waals surface area contributed by atoms with Crippen molar-refractivity contribution in [1.82, 2.24) is 15.2 Å². The Labute approximate surface area is 307 Å². The molecule has 1 saturated heterocycles. The number of fused-ring (bicyclic) bond motifs is 1. The number of amides is 4. The van der Waals surface area contributed by atoms with Gasteiger partial charge in [-0.2, -0.15) is 0 Å². The molecule has 1 unspecified atom stereocenters. The molecule has 0 radical (unpaired) electrons. The molecule has 5 aromatic rings. The number of alkyl halides is 2. The van der Waals surface area contributed by atoms with Gasteiger partial charge in [0.1, 0.15) is 18.4 Å². The second-order valence-electron chi connectivity index (χ2n) is 12.2. The van der Waals surface area contributed by atoms with Crippen LogP contribution in [0.1, 0.15) is 38.3 Å². The molecule has 6 rings (SSSR count). The third kappa shape index (κ3) is 8.47. The van der Waals surface area contributed by atoms with E-state index in [-0.39, 0.29) is 23.5 Å². The Kier molecular flexibility index (Phi) is 10.7. The molecule has 266 valence electrons. The lowest BCUT2D eigenvalue weighted by molar-refractivity contribution is -0.136. The first-order chi connectivity index (χ1) is 24.9. The molecule has 1 fully saturated rings. The number of aryl methyl sites for hydroxylation is 1. The molecule has 0 bridgehead atoms. The molecule has 10 nitrogen and oxygen atoms in total. The van der Waals surface area contributed by atoms with Crippen LogP contribution in [0.3, 0.4) is 0 Å². The minimum Gasteiger partial charge on any atom is -0.488 e. The Morgan fingerprint density at radius 1 is 0.904 bits per heavy atom. The SMILES string of the molecule is Cc1ccc(NC(=O)c2cc(Cl)ccc2OCc2ccc(NC(=O)C3CC(F)(F)CN3C(=O)CNC(=O)c3ccnc4ccccc34)cc2)c(Cl)c1. The van der Waals surface area contributed by atoms with Crippen molar-refractivity contribution in [3.8, 4) is 5.75 Å². The van der Waals surface area contributed by atoms with Crippen LogP contribution in [-0.2, 0) is 16.2 Å². The van der Waals surface area contributed by atoms with E-state index in [4.69, 9.17) is 27.9 Å². The second kappa shape index (κ2) is 15.3. The summed E-state index contributed by atoms with van der Waals surface area (Å²) in [7, 11) is 0. The highest BCUT2D eigenvalue weighted by Gasteiger charge is 2.49. The van der Waals surface area contributed by atoms with Gasteiger partial charge in [0.15, 0.2) is 0 Å². The minimum atomic E-state index is -3.30. The summed E-state index contributed by atoms with van der Waals surface area (Å²) in [6, 6.07) is 23.3. The van der Waals surface area contributed by atoms with Gasteiger partial charge in [-0.05, 0) is 72.6 Å². The molecular formula is C38H31Cl2F2N5O5. The third-order valence-corrected chi connectivity index (χ3v) is 8.91. The zero-order chi connectivity index (χ0) is 37.0. The summed E-state index contributed by atoms with van der Waals surface area (Å²) in [6.07, 6.45) is 0.591. The Balaban J connectivity index is 1.06. The van der Waals surface area contributed by atoms with Crippen LogP contribution in [0.4, 0.5) is 20.2 Å². The van der Waals surface area contributed by atoms with Crippen LogP contribution in [-0.4, -0.2) is 58.6 Å². The van der Waals surface area contributed by atoms with E-state index in [1.54, 1.807) is 72.8 Å². The maximum atomic E-state index is 14.5. The number of nitrogens with one attached hydrogen (secondary N) is 3. The summed E-state index contributed by atoms with van der Waals surface area (Å²) >= 11 is 12.5. The van der Waals surface area contributed by atoms with Crippen LogP contribution < -0.4 is 20.7 Å². The van der Waals surface area contributed by atoms with E-state index in [1.165, 1.54) is 18.3 Å². The van der Waals surface area contributed by atoms with Crippen LogP contribution in [0, 0.1) is 6.92 Å². The number of carbonyl (C=O) groups excluding carboxylic acids is 4. The van der Waals surface area contributed by atoms with Crippen molar-refractivity contribution in [2.45, 2.75) is 31.9 Å². The maximum Gasteiger partial charge on any atom is 0.267 e. The standard InChI is InChI=1S/C38H31Cl2F2N5O5/c1-22-6-12-31(29(40)16-22)46-36(50)28-17-24(39)9-13-33(28)52-20-23-7-10-25(11-8-23)45-37(51)32-18-38(41,42)21-47(32)34(48)19-44-35(49)27-14-15-43-30-5-3-2-4-26(27)30/h2-17,32H,18-21H2,1H3,(H,44,49)(H,45,51)(H,46,50). The van der Waals surface area contributed by atoms with Crippen molar-refractivity contribution in [3.63, 3.8) is 0 Å². The van der Waals surface area contributed by atoms with Gasteiger partial charge in [-0.25, -0.2) is 8.78 Å². The number of halogens is 4. The number of benzene rings is 4. The van der Waals surface area contributed by atoms with Gasteiger partial charge in [0.2, 0.25) is 11.8 Å². The van der Waals surface area contributed by atoms with Gasteiger partial charge >= 0.3 is 0 Å². The van der Waals surface area contributed by atoms with E-state index < -0.39 is 55.1 Å². The predicted molar refractivity (Wildman–Crippen MR) is 194 cm³/mol. The Morgan fingerprint density at radius 3 is 2.44 bits per heavy atom. The molecule has 2 heterocycles. The molecule has 0 spiro atoms. The van der Waals surface area contributed by atoms with E-state index in [2.05, 4.69) is 20.9 Å². The fraction of sp³-hybridized carbons (Fsp3) is 0.184.